The Morgan fingerprint density at radius 2 is 1.83 bits per heavy atom. The van der Waals surface area contributed by atoms with Crippen LogP contribution >= 0.6 is 0 Å². The molecule has 18 heavy (non-hydrogen) atoms. The molecule has 0 spiro atoms. The fourth-order valence-corrected chi connectivity index (χ4v) is 2.32. The van der Waals surface area contributed by atoms with Gasteiger partial charge in [0, 0.05) is 6.42 Å². The normalized spacial score (nSPS) is 14.2. The number of hydrogen-bond donors (Lipinski definition) is 1. The van der Waals surface area contributed by atoms with Gasteiger partial charge in [-0.3, -0.25) is 0 Å². The number of aryl methyl sites for hydroxylation is 1. The molecule has 2 rings (SSSR count). The number of hydrogen-bond acceptors (Lipinski definition) is 1. The van der Waals surface area contributed by atoms with Crippen molar-refractivity contribution in [3.05, 3.63) is 71.0 Å². The van der Waals surface area contributed by atoms with Crippen LogP contribution in [0.2, 0.25) is 0 Å². The third-order valence-corrected chi connectivity index (χ3v) is 3.16. The maximum Gasteiger partial charge on any atom is 0.123 e. The van der Waals surface area contributed by atoms with Crippen LogP contribution in [-0.4, -0.2) is 5.11 Å². The molecule has 0 aliphatic carbocycles. The minimum absolute atomic E-state index is 0.270. The number of halogens is 1. The molecule has 1 unspecified atom stereocenters. The summed E-state index contributed by atoms with van der Waals surface area (Å²) in [5, 5.41) is 10.6. The second-order valence-electron chi connectivity index (χ2n) is 4.90. The molecule has 0 saturated carbocycles. The SMILES string of the molecule is Cc1ccccc1C(C)(O)Cc1cccc(F)c1. The molecular weight excluding hydrogens is 227 g/mol. The highest BCUT2D eigenvalue weighted by atomic mass is 19.1. The summed E-state index contributed by atoms with van der Waals surface area (Å²) in [6.07, 6.45) is 0.398. The fourth-order valence-electron chi connectivity index (χ4n) is 2.32. The number of benzene rings is 2. The highest BCUT2D eigenvalue weighted by Crippen LogP contribution is 2.27. The smallest absolute Gasteiger partial charge is 0.123 e. The monoisotopic (exact) mass is 244 g/mol. The molecule has 0 saturated heterocycles. The first-order chi connectivity index (χ1) is 8.49. The minimum atomic E-state index is -0.987. The van der Waals surface area contributed by atoms with E-state index in [4.69, 9.17) is 0 Å². The van der Waals surface area contributed by atoms with Crippen molar-refractivity contribution in [3.63, 3.8) is 0 Å². The molecule has 0 fully saturated rings. The maximum atomic E-state index is 13.1. The third-order valence-electron chi connectivity index (χ3n) is 3.16. The standard InChI is InChI=1S/C16H17FO/c1-12-6-3-4-9-15(12)16(2,18)11-13-7-5-8-14(17)10-13/h3-10,18H,11H2,1-2H3. The Morgan fingerprint density at radius 1 is 1.11 bits per heavy atom. The van der Waals surface area contributed by atoms with Crippen molar-refractivity contribution in [2.75, 3.05) is 0 Å². The molecule has 2 heteroatoms. The van der Waals surface area contributed by atoms with Gasteiger partial charge in [-0.15, -0.1) is 0 Å². The van der Waals surface area contributed by atoms with Crippen molar-refractivity contribution in [2.45, 2.75) is 25.9 Å². The Balaban J connectivity index is 2.30. The summed E-state index contributed by atoms with van der Waals surface area (Å²) < 4.78 is 13.1. The van der Waals surface area contributed by atoms with Gasteiger partial charge in [0.25, 0.3) is 0 Å². The van der Waals surface area contributed by atoms with Gasteiger partial charge in [-0.05, 0) is 42.7 Å². The number of aliphatic hydroxyl groups is 1. The Hall–Kier alpha value is -1.67. The van der Waals surface area contributed by atoms with Crippen LogP contribution in [0.5, 0.6) is 0 Å². The van der Waals surface area contributed by atoms with Gasteiger partial charge in [0.05, 0.1) is 5.60 Å². The lowest BCUT2D eigenvalue weighted by atomic mass is 9.86. The van der Waals surface area contributed by atoms with Crippen LogP contribution in [0, 0.1) is 12.7 Å². The van der Waals surface area contributed by atoms with Gasteiger partial charge in [0.2, 0.25) is 0 Å². The summed E-state index contributed by atoms with van der Waals surface area (Å²) in [7, 11) is 0. The second kappa shape index (κ2) is 4.91. The summed E-state index contributed by atoms with van der Waals surface area (Å²) >= 11 is 0. The van der Waals surface area contributed by atoms with Crippen LogP contribution in [0.1, 0.15) is 23.6 Å². The lowest BCUT2D eigenvalue weighted by Gasteiger charge is -2.25. The molecule has 0 aliphatic rings. The van der Waals surface area contributed by atoms with Crippen LogP contribution in [-0.2, 0) is 12.0 Å². The average molecular weight is 244 g/mol. The van der Waals surface area contributed by atoms with Crippen molar-refractivity contribution in [1.82, 2.24) is 0 Å². The topological polar surface area (TPSA) is 20.2 Å². The predicted molar refractivity (Wildman–Crippen MR) is 70.9 cm³/mol. The van der Waals surface area contributed by atoms with Crippen LogP contribution in [0.4, 0.5) is 4.39 Å². The van der Waals surface area contributed by atoms with Crippen LogP contribution in [0.15, 0.2) is 48.5 Å². The quantitative estimate of drug-likeness (QED) is 0.875. The molecule has 0 aromatic heterocycles. The van der Waals surface area contributed by atoms with E-state index < -0.39 is 5.60 Å². The molecule has 0 aliphatic heterocycles. The maximum absolute atomic E-state index is 13.1. The van der Waals surface area contributed by atoms with E-state index >= 15 is 0 Å². The van der Waals surface area contributed by atoms with Crippen molar-refractivity contribution >= 4 is 0 Å². The van der Waals surface area contributed by atoms with Crippen molar-refractivity contribution < 1.29 is 9.50 Å². The van der Waals surface area contributed by atoms with Gasteiger partial charge >= 0.3 is 0 Å². The summed E-state index contributed by atoms with van der Waals surface area (Å²) in [6, 6.07) is 14.1. The van der Waals surface area contributed by atoms with Gasteiger partial charge in [-0.2, -0.15) is 0 Å². The van der Waals surface area contributed by atoms with E-state index in [0.717, 1.165) is 16.7 Å². The molecule has 2 aromatic rings. The van der Waals surface area contributed by atoms with Crippen molar-refractivity contribution in [3.8, 4) is 0 Å². The summed E-state index contributed by atoms with van der Waals surface area (Å²) in [4.78, 5) is 0. The third kappa shape index (κ3) is 2.77. The summed E-state index contributed by atoms with van der Waals surface area (Å²) in [5.74, 6) is -0.270. The zero-order valence-electron chi connectivity index (χ0n) is 10.7. The van der Waals surface area contributed by atoms with E-state index in [2.05, 4.69) is 0 Å². The largest absolute Gasteiger partial charge is 0.385 e. The van der Waals surface area contributed by atoms with Gasteiger partial charge in [-0.1, -0.05) is 36.4 Å². The van der Waals surface area contributed by atoms with E-state index in [1.807, 2.05) is 37.3 Å². The first kappa shape index (κ1) is 12.8. The molecule has 1 N–H and O–H groups in total. The van der Waals surface area contributed by atoms with Gasteiger partial charge in [-0.25, -0.2) is 4.39 Å². The Labute approximate surface area is 107 Å². The van der Waals surface area contributed by atoms with Gasteiger partial charge in [0.1, 0.15) is 5.82 Å². The summed E-state index contributed by atoms with van der Waals surface area (Å²) in [6.45, 7) is 3.73. The second-order valence-corrected chi connectivity index (χ2v) is 4.90. The first-order valence-electron chi connectivity index (χ1n) is 6.02. The molecular formula is C16H17FO. The van der Waals surface area contributed by atoms with Crippen LogP contribution < -0.4 is 0 Å². The lowest BCUT2D eigenvalue weighted by molar-refractivity contribution is 0.0569. The first-order valence-corrected chi connectivity index (χ1v) is 6.02. The Morgan fingerprint density at radius 3 is 2.50 bits per heavy atom. The Bertz CT molecular complexity index is 546. The highest BCUT2D eigenvalue weighted by Gasteiger charge is 2.25. The van der Waals surface area contributed by atoms with E-state index in [1.54, 1.807) is 13.0 Å². The van der Waals surface area contributed by atoms with E-state index in [0.29, 0.717) is 6.42 Å². The molecule has 0 heterocycles. The molecule has 94 valence electrons. The number of rotatable bonds is 3. The molecule has 0 amide bonds. The van der Waals surface area contributed by atoms with Crippen molar-refractivity contribution in [1.29, 1.82) is 0 Å². The van der Waals surface area contributed by atoms with Crippen LogP contribution in [0.25, 0.3) is 0 Å². The van der Waals surface area contributed by atoms with E-state index in [1.165, 1.54) is 12.1 Å². The van der Waals surface area contributed by atoms with Gasteiger partial charge < -0.3 is 5.11 Å². The average Bonchev–Trinajstić information content (AvgIpc) is 2.28. The molecule has 0 bridgehead atoms. The van der Waals surface area contributed by atoms with E-state index in [-0.39, 0.29) is 5.82 Å². The van der Waals surface area contributed by atoms with Gasteiger partial charge in [0.15, 0.2) is 0 Å². The molecule has 1 atom stereocenters. The van der Waals surface area contributed by atoms with Crippen LogP contribution in [0.3, 0.4) is 0 Å². The minimum Gasteiger partial charge on any atom is -0.385 e. The zero-order chi connectivity index (χ0) is 13.2. The molecule has 0 radical (unpaired) electrons. The molecule has 2 aromatic carbocycles. The lowest BCUT2D eigenvalue weighted by Crippen LogP contribution is -2.25. The fraction of sp³-hybridized carbons (Fsp3) is 0.250. The Kier molecular flexibility index (Phi) is 3.48. The molecule has 1 nitrogen and oxygen atoms in total. The van der Waals surface area contributed by atoms with E-state index in [9.17, 15) is 9.50 Å². The highest BCUT2D eigenvalue weighted by molar-refractivity contribution is 5.32. The summed E-state index contributed by atoms with van der Waals surface area (Å²) in [5.41, 5.74) is 1.73. The van der Waals surface area contributed by atoms with Crippen molar-refractivity contribution in [2.24, 2.45) is 0 Å². The zero-order valence-corrected chi connectivity index (χ0v) is 10.7. The predicted octanol–water partition coefficient (Wildman–Crippen LogP) is 3.58.